The van der Waals surface area contributed by atoms with Gasteiger partial charge in [0, 0.05) is 9.61 Å². The Kier molecular flexibility index (Phi) is 5.47. The lowest BCUT2D eigenvalue weighted by atomic mass is 9.95. The highest BCUT2D eigenvalue weighted by molar-refractivity contribution is 14.1. The molecule has 3 heteroatoms. The van der Waals surface area contributed by atoms with Crippen LogP contribution in [0.25, 0.3) is 0 Å². The summed E-state index contributed by atoms with van der Waals surface area (Å²) < 4.78 is 1.09. The van der Waals surface area contributed by atoms with Crippen molar-refractivity contribution in [3.63, 3.8) is 0 Å². The fraction of sp³-hybridized carbons (Fsp3) is 0.294. The molecule has 0 saturated carbocycles. The fourth-order valence-electron chi connectivity index (χ4n) is 2.36. The molecule has 0 fully saturated rings. The SMILES string of the molecule is CNC(Cc1cc(C)ccc1C)c1ccc(I)c(Cl)c1. The maximum atomic E-state index is 6.24. The number of aryl methyl sites for hydroxylation is 2. The topological polar surface area (TPSA) is 12.0 Å². The fourth-order valence-corrected chi connectivity index (χ4v) is 2.88. The van der Waals surface area contributed by atoms with Crippen LogP contribution in [0, 0.1) is 17.4 Å². The van der Waals surface area contributed by atoms with Gasteiger partial charge in [0.2, 0.25) is 0 Å². The van der Waals surface area contributed by atoms with Crippen LogP contribution in [0.1, 0.15) is 28.3 Å². The van der Waals surface area contributed by atoms with Crippen molar-refractivity contribution in [2.45, 2.75) is 26.3 Å². The van der Waals surface area contributed by atoms with E-state index in [9.17, 15) is 0 Å². The van der Waals surface area contributed by atoms with Crippen LogP contribution in [0.15, 0.2) is 36.4 Å². The largest absolute Gasteiger partial charge is 0.313 e. The van der Waals surface area contributed by atoms with Crippen LogP contribution in [0.3, 0.4) is 0 Å². The molecule has 1 nitrogen and oxygen atoms in total. The molecule has 0 amide bonds. The van der Waals surface area contributed by atoms with Crippen LogP contribution >= 0.6 is 34.2 Å². The van der Waals surface area contributed by atoms with Gasteiger partial charge < -0.3 is 5.32 Å². The highest BCUT2D eigenvalue weighted by atomic mass is 127. The van der Waals surface area contributed by atoms with E-state index in [4.69, 9.17) is 11.6 Å². The van der Waals surface area contributed by atoms with E-state index in [-0.39, 0.29) is 6.04 Å². The molecule has 0 aliphatic heterocycles. The van der Waals surface area contributed by atoms with Gasteiger partial charge >= 0.3 is 0 Å². The van der Waals surface area contributed by atoms with Crippen molar-refractivity contribution in [3.8, 4) is 0 Å². The standard InChI is InChI=1S/C17H19ClIN/c1-11-4-5-12(2)14(8-11)10-17(20-3)13-6-7-16(19)15(18)9-13/h4-9,17,20H,10H2,1-3H3. The molecule has 0 spiro atoms. The first-order chi connectivity index (χ1) is 9.51. The Morgan fingerprint density at radius 3 is 2.55 bits per heavy atom. The van der Waals surface area contributed by atoms with Crippen LogP contribution in [0.5, 0.6) is 0 Å². The summed E-state index contributed by atoms with van der Waals surface area (Å²) in [6.45, 7) is 4.31. The molecule has 0 aliphatic rings. The zero-order chi connectivity index (χ0) is 14.7. The Labute approximate surface area is 139 Å². The summed E-state index contributed by atoms with van der Waals surface area (Å²) in [4.78, 5) is 0. The van der Waals surface area contributed by atoms with Crippen molar-refractivity contribution in [1.29, 1.82) is 0 Å². The van der Waals surface area contributed by atoms with Gasteiger partial charge in [0.05, 0.1) is 5.02 Å². The van der Waals surface area contributed by atoms with E-state index in [0.717, 1.165) is 15.0 Å². The van der Waals surface area contributed by atoms with Gasteiger partial charge in [0.1, 0.15) is 0 Å². The molecule has 2 rings (SSSR count). The van der Waals surface area contributed by atoms with E-state index in [1.807, 2.05) is 7.05 Å². The van der Waals surface area contributed by atoms with Gasteiger partial charge in [-0.1, -0.05) is 41.4 Å². The van der Waals surface area contributed by atoms with Crippen LogP contribution in [-0.2, 0) is 6.42 Å². The van der Waals surface area contributed by atoms with Crippen LogP contribution in [0.4, 0.5) is 0 Å². The minimum Gasteiger partial charge on any atom is -0.313 e. The van der Waals surface area contributed by atoms with Crippen molar-refractivity contribution >= 4 is 34.2 Å². The minimum atomic E-state index is 0.282. The summed E-state index contributed by atoms with van der Waals surface area (Å²) in [5, 5.41) is 4.22. The molecule has 0 aromatic heterocycles. The van der Waals surface area contributed by atoms with E-state index in [2.05, 4.69) is 78.2 Å². The lowest BCUT2D eigenvalue weighted by molar-refractivity contribution is 0.590. The molecule has 0 bridgehead atoms. The highest BCUT2D eigenvalue weighted by Crippen LogP contribution is 2.26. The average molecular weight is 400 g/mol. The maximum Gasteiger partial charge on any atom is 0.0542 e. The number of hydrogen-bond acceptors (Lipinski definition) is 1. The minimum absolute atomic E-state index is 0.282. The van der Waals surface area contributed by atoms with Gasteiger partial charge in [0.15, 0.2) is 0 Å². The first-order valence-electron chi connectivity index (χ1n) is 6.69. The lowest BCUT2D eigenvalue weighted by Gasteiger charge is -2.19. The molecular weight excluding hydrogens is 381 g/mol. The van der Waals surface area contributed by atoms with Gasteiger partial charge in [0.25, 0.3) is 0 Å². The van der Waals surface area contributed by atoms with E-state index in [1.165, 1.54) is 22.3 Å². The molecule has 0 heterocycles. The van der Waals surface area contributed by atoms with Gasteiger partial charge in [-0.25, -0.2) is 0 Å². The second-order valence-corrected chi connectivity index (χ2v) is 6.72. The Hall–Kier alpha value is -0.580. The monoisotopic (exact) mass is 399 g/mol. The molecule has 20 heavy (non-hydrogen) atoms. The highest BCUT2D eigenvalue weighted by Gasteiger charge is 2.13. The maximum absolute atomic E-state index is 6.24. The van der Waals surface area contributed by atoms with Crippen LogP contribution in [-0.4, -0.2) is 7.05 Å². The summed E-state index contributed by atoms with van der Waals surface area (Å²) in [6.07, 6.45) is 0.973. The number of halogens is 2. The zero-order valence-electron chi connectivity index (χ0n) is 12.0. The van der Waals surface area contributed by atoms with Crippen molar-refractivity contribution in [1.82, 2.24) is 5.32 Å². The Balaban J connectivity index is 2.28. The number of likely N-dealkylation sites (N-methyl/N-ethyl adjacent to an activating group) is 1. The predicted octanol–water partition coefficient (Wildman–Crippen LogP) is 5.06. The number of benzene rings is 2. The van der Waals surface area contributed by atoms with Gasteiger partial charge in [-0.3, -0.25) is 0 Å². The molecule has 106 valence electrons. The second-order valence-electron chi connectivity index (χ2n) is 5.15. The van der Waals surface area contributed by atoms with Crippen molar-refractivity contribution in [3.05, 3.63) is 67.2 Å². The third-order valence-electron chi connectivity index (χ3n) is 3.62. The van der Waals surface area contributed by atoms with E-state index >= 15 is 0 Å². The van der Waals surface area contributed by atoms with Crippen LogP contribution < -0.4 is 5.32 Å². The summed E-state index contributed by atoms with van der Waals surface area (Å²) in [5.41, 5.74) is 5.27. The van der Waals surface area contributed by atoms with Crippen molar-refractivity contribution in [2.24, 2.45) is 0 Å². The lowest BCUT2D eigenvalue weighted by Crippen LogP contribution is -2.19. The molecule has 0 aliphatic carbocycles. The molecule has 2 aromatic carbocycles. The Morgan fingerprint density at radius 2 is 1.90 bits per heavy atom. The molecular formula is C17H19ClIN. The number of hydrogen-bond donors (Lipinski definition) is 1. The Bertz CT molecular complexity index is 610. The molecule has 0 saturated heterocycles. The van der Waals surface area contributed by atoms with Crippen molar-refractivity contribution < 1.29 is 0 Å². The van der Waals surface area contributed by atoms with Crippen LogP contribution in [0.2, 0.25) is 5.02 Å². The first kappa shape index (κ1) is 15.8. The molecule has 2 aromatic rings. The third kappa shape index (κ3) is 3.74. The average Bonchev–Trinajstić information content (AvgIpc) is 2.43. The number of nitrogens with one attached hydrogen (secondary N) is 1. The molecule has 0 radical (unpaired) electrons. The van der Waals surface area contributed by atoms with Crippen molar-refractivity contribution in [2.75, 3.05) is 7.05 Å². The third-order valence-corrected chi connectivity index (χ3v) is 5.20. The quantitative estimate of drug-likeness (QED) is 0.708. The molecule has 1 N–H and O–H groups in total. The summed E-state index contributed by atoms with van der Waals surface area (Å²) >= 11 is 8.50. The first-order valence-corrected chi connectivity index (χ1v) is 8.15. The zero-order valence-corrected chi connectivity index (χ0v) is 14.9. The van der Waals surface area contributed by atoms with E-state index in [1.54, 1.807) is 0 Å². The predicted molar refractivity (Wildman–Crippen MR) is 95.6 cm³/mol. The van der Waals surface area contributed by atoms with Gasteiger partial charge in [-0.15, -0.1) is 0 Å². The Morgan fingerprint density at radius 1 is 1.15 bits per heavy atom. The smallest absolute Gasteiger partial charge is 0.0542 e. The molecule has 1 atom stereocenters. The van der Waals surface area contributed by atoms with Gasteiger partial charge in [-0.05, 0) is 78.7 Å². The summed E-state index contributed by atoms with van der Waals surface area (Å²) in [7, 11) is 2.00. The van der Waals surface area contributed by atoms with E-state index < -0.39 is 0 Å². The summed E-state index contributed by atoms with van der Waals surface area (Å²) in [5.74, 6) is 0. The molecule has 1 unspecified atom stereocenters. The van der Waals surface area contributed by atoms with E-state index in [0.29, 0.717) is 0 Å². The second kappa shape index (κ2) is 6.92. The summed E-state index contributed by atoms with van der Waals surface area (Å²) in [6, 6.07) is 13.2. The normalized spacial score (nSPS) is 12.4. The number of rotatable bonds is 4. The van der Waals surface area contributed by atoms with Gasteiger partial charge in [-0.2, -0.15) is 0 Å².